The van der Waals surface area contributed by atoms with E-state index in [0.717, 1.165) is 12.0 Å². The van der Waals surface area contributed by atoms with E-state index in [2.05, 4.69) is 10.4 Å². The van der Waals surface area contributed by atoms with Crippen LogP contribution in [0.15, 0.2) is 18.5 Å². The van der Waals surface area contributed by atoms with Crippen molar-refractivity contribution in [1.82, 2.24) is 10.4 Å². The molecule has 3 unspecified atom stereocenters. The predicted octanol–water partition coefficient (Wildman–Crippen LogP) is 1.15. The first-order chi connectivity index (χ1) is 7.70. The molecule has 2 rings (SSSR count). The van der Waals surface area contributed by atoms with E-state index < -0.39 is 0 Å². The number of rotatable bonds is 3. The Hall–Kier alpha value is -1.04. The summed E-state index contributed by atoms with van der Waals surface area (Å²) in [6.45, 7) is 2.67. The van der Waals surface area contributed by atoms with Crippen LogP contribution in [0, 0.1) is 11.7 Å². The summed E-state index contributed by atoms with van der Waals surface area (Å²) in [7, 11) is 0. The Balaban J connectivity index is 2.16. The van der Waals surface area contributed by atoms with Gasteiger partial charge in [-0.2, -0.15) is 0 Å². The summed E-state index contributed by atoms with van der Waals surface area (Å²) >= 11 is 0. The molecule has 88 valence electrons. The maximum absolute atomic E-state index is 13.1. The molecule has 1 saturated heterocycles. The second kappa shape index (κ2) is 4.86. The van der Waals surface area contributed by atoms with Crippen LogP contribution >= 0.6 is 0 Å². The topological polar surface area (TPSA) is 60.2 Å². The smallest absolute Gasteiger partial charge is 0.141 e. The number of aromatic nitrogens is 1. The van der Waals surface area contributed by atoms with Crippen LogP contribution in [0.1, 0.15) is 24.9 Å². The largest absolute Gasteiger partial charge is 0.378 e. The van der Waals surface area contributed by atoms with E-state index in [0.29, 0.717) is 6.61 Å². The fourth-order valence-corrected chi connectivity index (χ4v) is 2.19. The van der Waals surface area contributed by atoms with Gasteiger partial charge in [0.05, 0.1) is 24.9 Å². The average molecular weight is 225 g/mol. The third-order valence-electron chi connectivity index (χ3n) is 2.97. The normalized spacial score (nSPS) is 26.9. The molecule has 16 heavy (non-hydrogen) atoms. The third kappa shape index (κ3) is 2.37. The number of hydrogen-bond acceptors (Lipinski definition) is 4. The van der Waals surface area contributed by atoms with Gasteiger partial charge in [0, 0.05) is 12.1 Å². The summed E-state index contributed by atoms with van der Waals surface area (Å²) in [6, 6.07) is 1.36. The molecule has 0 amide bonds. The lowest BCUT2D eigenvalue weighted by atomic mass is 9.92. The van der Waals surface area contributed by atoms with Crippen molar-refractivity contribution in [3.8, 4) is 0 Å². The highest BCUT2D eigenvalue weighted by atomic mass is 19.1. The molecule has 0 spiro atoms. The minimum atomic E-state index is -0.343. The summed E-state index contributed by atoms with van der Waals surface area (Å²) in [6.07, 6.45) is 3.98. The monoisotopic (exact) mass is 225 g/mol. The lowest BCUT2D eigenvalue weighted by molar-refractivity contribution is 0.117. The Morgan fingerprint density at radius 3 is 3.00 bits per heavy atom. The van der Waals surface area contributed by atoms with Crippen LogP contribution in [-0.2, 0) is 4.74 Å². The molecule has 1 aliphatic heterocycles. The van der Waals surface area contributed by atoms with Gasteiger partial charge in [0.25, 0.3) is 0 Å². The first kappa shape index (κ1) is 11.4. The van der Waals surface area contributed by atoms with Crippen molar-refractivity contribution in [3.05, 3.63) is 29.8 Å². The lowest BCUT2D eigenvalue weighted by Gasteiger charge is -2.21. The van der Waals surface area contributed by atoms with Gasteiger partial charge in [-0.25, -0.2) is 4.39 Å². The molecule has 1 aliphatic rings. The Bertz CT molecular complexity index is 361. The first-order valence-corrected chi connectivity index (χ1v) is 5.39. The molecule has 2 heterocycles. The quantitative estimate of drug-likeness (QED) is 0.598. The van der Waals surface area contributed by atoms with E-state index in [1.165, 1.54) is 12.3 Å². The number of hydrazine groups is 1. The highest BCUT2D eigenvalue weighted by Gasteiger charge is 2.30. The molecular weight excluding hydrogens is 209 g/mol. The number of nitrogens with one attached hydrogen (secondary N) is 1. The zero-order valence-electron chi connectivity index (χ0n) is 9.19. The molecule has 0 saturated carbocycles. The maximum Gasteiger partial charge on any atom is 0.141 e. The van der Waals surface area contributed by atoms with Crippen LogP contribution in [0.5, 0.6) is 0 Å². The highest BCUT2D eigenvalue weighted by Crippen LogP contribution is 2.30. The number of ether oxygens (including phenoxy) is 1. The van der Waals surface area contributed by atoms with E-state index in [9.17, 15) is 4.39 Å². The fraction of sp³-hybridized carbons (Fsp3) is 0.545. The molecule has 0 radical (unpaired) electrons. The first-order valence-electron chi connectivity index (χ1n) is 5.39. The molecule has 1 aromatic heterocycles. The van der Waals surface area contributed by atoms with Crippen LogP contribution in [0.3, 0.4) is 0 Å². The molecule has 3 N–H and O–H groups in total. The van der Waals surface area contributed by atoms with Crippen LogP contribution in [0.4, 0.5) is 4.39 Å². The molecule has 0 bridgehead atoms. The van der Waals surface area contributed by atoms with Gasteiger partial charge in [0.15, 0.2) is 0 Å². The maximum atomic E-state index is 13.1. The van der Waals surface area contributed by atoms with Crippen molar-refractivity contribution in [2.75, 3.05) is 6.61 Å². The number of nitrogens with zero attached hydrogens (tertiary/aromatic N) is 1. The third-order valence-corrected chi connectivity index (χ3v) is 2.97. The summed E-state index contributed by atoms with van der Waals surface area (Å²) in [5.74, 6) is 5.45. The number of halogens is 1. The van der Waals surface area contributed by atoms with Crippen LogP contribution in [0.25, 0.3) is 0 Å². The predicted molar refractivity (Wildman–Crippen MR) is 57.8 cm³/mol. The minimum absolute atomic E-state index is 0.104. The van der Waals surface area contributed by atoms with Gasteiger partial charge < -0.3 is 4.74 Å². The van der Waals surface area contributed by atoms with Crippen molar-refractivity contribution < 1.29 is 9.13 Å². The molecule has 3 atom stereocenters. The van der Waals surface area contributed by atoms with Gasteiger partial charge >= 0.3 is 0 Å². The van der Waals surface area contributed by atoms with Gasteiger partial charge in [-0.15, -0.1) is 0 Å². The zero-order chi connectivity index (χ0) is 11.5. The van der Waals surface area contributed by atoms with Crippen molar-refractivity contribution >= 4 is 0 Å². The van der Waals surface area contributed by atoms with Gasteiger partial charge in [0.2, 0.25) is 0 Å². The van der Waals surface area contributed by atoms with Crippen LogP contribution in [-0.4, -0.2) is 17.7 Å². The zero-order valence-corrected chi connectivity index (χ0v) is 9.19. The molecule has 1 fully saturated rings. The van der Waals surface area contributed by atoms with Gasteiger partial charge in [-0.05, 0) is 25.0 Å². The van der Waals surface area contributed by atoms with Gasteiger partial charge in [-0.1, -0.05) is 0 Å². The van der Waals surface area contributed by atoms with Crippen molar-refractivity contribution in [2.24, 2.45) is 11.8 Å². The van der Waals surface area contributed by atoms with Gasteiger partial charge in [0.1, 0.15) is 5.82 Å². The van der Waals surface area contributed by atoms with E-state index in [4.69, 9.17) is 10.6 Å². The standard InChI is InChI=1S/C11H16FN3O/c1-7-2-9(6-16-7)11(15-13)8-3-10(12)5-14-4-8/h3-5,7,9,11,15H,2,6,13H2,1H3. The Morgan fingerprint density at radius 2 is 2.44 bits per heavy atom. The van der Waals surface area contributed by atoms with Crippen molar-refractivity contribution in [1.29, 1.82) is 0 Å². The minimum Gasteiger partial charge on any atom is -0.378 e. The van der Waals surface area contributed by atoms with E-state index in [1.54, 1.807) is 6.20 Å². The number of nitrogens with two attached hydrogens (primary N) is 1. The van der Waals surface area contributed by atoms with Crippen LogP contribution in [0.2, 0.25) is 0 Å². The second-order valence-corrected chi connectivity index (χ2v) is 4.22. The summed E-state index contributed by atoms with van der Waals surface area (Å²) < 4.78 is 18.6. The second-order valence-electron chi connectivity index (χ2n) is 4.22. The average Bonchev–Trinajstić information content (AvgIpc) is 2.66. The number of pyridine rings is 1. The van der Waals surface area contributed by atoms with E-state index >= 15 is 0 Å². The molecule has 0 aliphatic carbocycles. The van der Waals surface area contributed by atoms with E-state index in [1.807, 2.05) is 6.92 Å². The van der Waals surface area contributed by atoms with Crippen molar-refractivity contribution in [3.63, 3.8) is 0 Å². The molecule has 0 aromatic carbocycles. The molecule has 1 aromatic rings. The summed E-state index contributed by atoms with van der Waals surface area (Å²) in [5.41, 5.74) is 3.49. The number of hydrogen-bond donors (Lipinski definition) is 2. The Morgan fingerprint density at radius 1 is 1.62 bits per heavy atom. The van der Waals surface area contributed by atoms with E-state index in [-0.39, 0.29) is 23.9 Å². The fourth-order valence-electron chi connectivity index (χ4n) is 2.19. The lowest BCUT2D eigenvalue weighted by Crippen LogP contribution is -2.34. The molecule has 5 heteroatoms. The van der Waals surface area contributed by atoms with Gasteiger partial charge in [-0.3, -0.25) is 16.3 Å². The molecule has 4 nitrogen and oxygen atoms in total. The van der Waals surface area contributed by atoms with Crippen molar-refractivity contribution in [2.45, 2.75) is 25.5 Å². The molecular formula is C11H16FN3O. The summed E-state index contributed by atoms with van der Waals surface area (Å²) in [4.78, 5) is 3.83. The highest BCUT2D eigenvalue weighted by molar-refractivity contribution is 5.16. The Labute approximate surface area is 94.0 Å². The summed E-state index contributed by atoms with van der Waals surface area (Å²) in [5, 5.41) is 0. The Kier molecular flexibility index (Phi) is 3.48. The van der Waals surface area contributed by atoms with Crippen LogP contribution < -0.4 is 11.3 Å². The SMILES string of the molecule is CC1CC(C(NN)c2cncc(F)c2)CO1.